The number of amides is 1. The molecule has 0 N–H and O–H groups in total. The second kappa shape index (κ2) is 15.0. The molecule has 1 amide bonds. The van der Waals surface area contributed by atoms with Crippen molar-refractivity contribution in [3.8, 4) is 17.2 Å². The summed E-state index contributed by atoms with van der Waals surface area (Å²) < 4.78 is 30.2. The number of thiazole rings is 1. The van der Waals surface area contributed by atoms with Gasteiger partial charge in [0.05, 0.1) is 33.1 Å². The smallest absolute Gasteiger partial charge is 0.273 e. The molecular weight excluding hydrogens is 579 g/mol. The van der Waals surface area contributed by atoms with Gasteiger partial charge in [-0.2, -0.15) is 0 Å². The first-order chi connectivity index (χ1) is 21.5. The van der Waals surface area contributed by atoms with E-state index >= 15 is 0 Å². The Morgan fingerprint density at radius 3 is 2.36 bits per heavy atom. The monoisotopic (exact) mass is 618 g/mol. The number of piperazine rings is 1. The van der Waals surface area contributed by atoms with Crippen molar-refractivity contribution in [1.82, 2.24) is 14.8 Å². The summed E-state index contributed by atoms with van der Waals surface area (Å²) >= 11 is 1.50. The Kier molecular flexibility index (Phi) is 10.7. The largest absolute Gasteiger partial charge is 0.493 e. The van der Waals surface area contributed by atoms with Crippen LogP contribution >= 0.6 is 11.3 Å². The number of rotatable bonds is 13. The van der Waals surface area contributed by atoms with Crippen molar-refractivity contribution in [3.63, 3.8) is 0 Å². The molecule has 2 heterocycles. The Morgan fingerprint density at radius 1 is 0.909 bits per heavy atom. The Balaban J connectivity index is 1.23. The van der Waals surface area contributed by atoms with E-state index in [1.54, 1.807) is 14.2 Å². The first-order valence-electron chi connectivity index (χ1n) is 14.9. The minimum Gasteiger partial charge on any atom is -0.493 e. The molecule has 1 fully saturated rings. The van der Waals surface area contributed by atoms with Gasteiger partial charge in [0.1, 0.15) is 22.3 Å². The van der Waals surface area contributed by atoms with Gasteiger partial charge in [-0.05, 0) is 60.9 Å². The highest BCUT2D eigenvalue weighted by atomic mass is 32.1. The van der Waals surface area contributed by atoms with Crippen LogP contribution in [0, 0.1) is 5.82 Å². The second-order valence-corrected chi connectivity index (χ2v) is 11.5. The molecule has 44 heavy (non-hydrogen) atoms. The highest BCUT2D eigenvalue weighted by molar-refractivity contribution is 7.09. The minimum atomic E-state index is -0.256. The average Bonchev–Trinajstić information content (AvgIpc) is 3.53. The molecule has 0 saturated carbocycles. The first kappa shape index (κ1) is 31.3. The highest BCUT2D eigenvalue weighted by Crippen LogP contribution is 2.30. The summed E-state index contributed by atoms with van der Waals surface area (Å²) in [5.74, 6) is 1.96. The summed E-state index contributed by atoms with van der Waals surface area (Å²) in [7, 11) is 3.25. The van der Waals surface area contributed by atoms with Crippen molar-refractivity contribution in [1.29, 1.82) is 0 Å². The van der Waals surface area contributed by atoms with Gasteiger partial charge in [-0.3, -0.25) is 9.69 Å². The van der Waals surface area contributed by atoms with Gasteiger partial charge in [0, 0.05) is 44.6 Å². The van der Waals surface area contributed by atoms with Gasteiger partial charge in [0.25, 0.3) is 5.91 Å². The van der Waals surface area contributed by atoms with Crippen LogP contribution in [0.25, 0.3) is 0 Å². The standard InChI is InChI=1S/C34H39FN4O4S/c1-4-43-30-8-6-5-7-29(30)38-17-19-39(20-18-38)34(40)28-24-44-33(36-28)23-37(22-26-9-12-27(35)13-10-26)16-15-25-11-14-31(41-2)32(21-25)42-3/h5-14,21,24H,4,15-20,22-23H2,1-3H3. The fourth-order valence-corrected chi connectivity index (χ4v) is 6.18. The van der Waals surface area contributed by atoms with Gasteiger partial charge in [-0.25, -0.2) is 9.37 Å². The number of carbonyl (C=O) groups is 1. The van der Waals surface area contributed by atoms with Crippen molar-refractivity contribution < 1.29 is 23.4 Å². The molecule has 0 aliphatic carbocycles. The maximum absolute atomic E-state index is 13.6. The summed E-state index contributed by atoms with van der Waals surface area (Å²) in [5.41, 5.74) is 3.67. The summed E-state index contributed by atoms with van der Waals surface area (Å²) in [6.45, 7) is 7.23. The van der Waals surface area contributed by atoms with Gasteiger partial charge >= 0.3 is 0 Å². The lowest BCUT2D eigenvalue weighted by molar-refractivity contribution is 0.0741. The van der Waals surface area contributed by atoms with E-state index in [9.17, 15) is 9.18 Å². The van der Waals surface area contributed by atoms with Crippen LogP contribution in [-0.4, -0.2) is 74.2 Å². The quantitative estimate of drug-likeness (QED) is 0.185. The molecule has 10 heteroatoms. The Hall–Kier alpha value is -4.15. The third-order valence-electron chi connectivity index (χ3n) is 7.69. The number of anilines is 1. The predicted molar refractivity (Wildman–Crippen MR) is 172 cm³/mol. The van der Waals surface area contributed by atoms with Gasteiger partial charge in [0.2, 0.25) is 0 Å². The molecule has 0 spiro atoms. The van der Waals surface area contributed by atoms with Crippen LogP contribution in [0.4, 0.5) is 10.1 Å². The number of hydrogen-bond donors (Lipinski definition) is 0. The molecule has 3 aromatic carbocycles. The van der Waals surface area contributed by atoms with Gasteiger partial charge < -0.3 is 24.0 Å². The fourth-order valence-electron chi connectivity index (χ4n) is 5.37. The van der Waals surface area contributed by atoms with Crippen LogP contribution in [0.2, 0.25) is 0 Å². The van der Waals surface area contributed by atoms with E-state index < -0.39 is 0 Å². The number of nitrogens with zero attached hydrogens (tertiary/aromatic N) is 4. The van der Waals surface area contributed by atoms with Crippen LogP contribution in [0.5, 0.6) is 17.2 Å². The number of para-hydroxylation sites is 2. The molecule has 0 bridgehead atoms. The van der Waals surface area contributed by atoms with Crippen LogP contribution in [-0.2, 0) is 19.5 Å². The molecule has 4 aromatic rings. The molecule has 0 radical (unpaired) electrons. The lowest BCUT2D eigenvalue weighted by Crippen LogP contribution is -2.49. The average molecular weight is 619 g/mol. The van der Waals surface area contributed by atoms with Crippen molar-refractivity contribution in [2.24, 2.45) is 0 Å². The van der Waals surface area contributed by atoms with E-state index in [0.29, 0.717) is 50.0 Å². The molecule has 1 aromatic heterocycles. The van der Waals surface area contributed by atoms with Crippen LogP contribution < -0.4 is 19.1 Å². The lowest BCUT2D eigenvalue weighted by atomic mass is 10.1. The van der Waals surface area contributed by atoms with E-state index in [-0.39, 0.29) is 11.7 Å². The number of benzene rings is 3. The Morgan fingerprint density at radius 2 is 1.64 bits per heavy atom. The number of methoxy groups -OCH3 is 2. The number of halogens is 1. The van der Waals surface area contributed by atoms with E-state index in [2.05, 4.69) is 15.9 Å². The summed E-state index contributed by atoms with van der Waals surface area (Å²) in [6, 6.07) is 20.6. The number of ether oxygens (including phenoxy) is 3. The zero-order valence-electron chi connectivity index (χ0n) is 25.5. The van der Waals surface area contributed by atoms with E-state index in [0.717, 1.165) is 53.6 Å². The van der Waals surface area contributed by atoms with Crippen LogP contribution in [0.1, 0.15) is 33.5 Å². The predicted octanol–water partition coefficient (Wildman–Crippen LogP) is 5.91. The molecular formula is C34H39FN4O4S. The van der Waals surface area contributed by atoms with Crippen LogP contribution in [0.3, 0.4) is 0 Å². The summed E-state index contributed by atoms with van der Waals surface area (Å²) in [4.78, 5) is 24.6. The van der Waals surface area contributed by atoms with Crippen molar-refractivity contribution >= 4 is 22.9 Å². The number of hydrogen-bond acceptors (Lipinski definition) is 8. The normalized spacial score (nSPS) is 13.3. The molecule has 1 aliphatic heterocycles. The Labute approximate surface area is 262 Å². The molecule has 232 valence electrons. The van der Waals surface area contributed by atoms with E-state index in [1.165, 1.54) is 23.5 Å². The van der Waals surface area contributed by atoms with Crippen molar-refractivity contribution in [2.75, 3.05) is 58.5 Å². The van der Waals surface area contributed by atoms with Crippen molar-refractivity contribution in [3.05, 3.63) is 99.8 Å². The topological polar surface area (TPSA) is 67.4 Å². The highest BCUT2D eigenvalue weighted by Gasteiger charge is 2.25. The molecule has 1 aliphatic rings. The van der Waals surface area contributed by atoms with E-state index in [4.69, 9.17) is 19.2 Å². The third-order valence-corrected chi connectivity index (χ3v) is 8.52. The molecule has 0 atom stereocenters. The maximum Gasteiger partial charge on any atom is 0.273 e. The number of aromatic nitrogens is 1. The van der Waals surface area contributed by atoms with Gasteiger partial charge in [-0.1, -0.05) is 30.3 Å². The molecule has 8 nitrogen and oxygen atoms in total. The summed E-state index contributed by atoms with van der Waals surface area (Å²) in [5, 5.41) is 2.73. The lowest BCUT2D eigenvalue weighted by Gasteiger charge is -2.36. The van der Waals surface area contributed by atoms with Crippen LogP contribution in [0.15, 0.2) is 72.1 Å². The molecule has 5 rings (SSSR count). The Bertz CT molecular complexity index is 1520. The van der Waals surface area contributed by atoms with Gasteiger partial charge in [0.15, 0.2) is 11.5 Å². The first-order valence-corrected chi connectivity index (χ1v) is 15.7. The minimum absolute atomic E-state index is 0.0411. The zero-order valence-corrected chi connectivity index (χ0v) is 26.3. The van der Waals surface area contributed by atoms with Gasteiger partial charge in [-0.15, -0.1) is 11.3 Å². The number of carbonyl (C=O) groups excluding carboxylic acids is 1. The van der Waals surface area contributed by atoms with E-state index in [1.807, 2.05) is 65.7 Å². The fraction of sp³-hybridized carbons (Fsp3) is 0.353. The summed E-state index contributed by atoms with van der Waals surface area (Å²) in [6.07, 6.45) is 0.773. The third kappa shape index (κ3) is 7.86. The SMILES string of the molecule is CCOc1ccccc1N1CCN(C(=O)c2csc(CN(CCc3ccc(OC)c(OC)c3)Cc3ccc(F)cc3)n2)CC1. The maximum atomic E-state index is 13.6. The molecule has 0 unspecified atom stereocenters. The zero-order chi connectivity index (χ0) is 30.9. The van der Waals surface area contributed by atoms with Crippen molar-refractivity contribution in [2.45, 2.75) is 26.4 Å². The molecule has 1 saturated heterocycles. The second-order valence-electron chi connectivity index (χ2n) is 10.6.